The van der Waals surface area contributed by atoms with E-state index in [0.717, 1.165) is 45.4 Å². The number of nitrogens with one attached hydrogen (secondary N) is 1. The summed E-state index contributed by atoms with van der Waals surface area (Å²) in [6.07, 6.45) is 3.84. The van der Waals surface area contributed by atoms with Crippen LogP contribution in [0.4, 0.5) is 0 Å². The second kappa shape index (κ2) is 5.33. The van der Waals surface area contributed by atoms with Gasteiger partial charge in [-0.1, -0.05) is 12.8 Å². The number of likely N-dealkylation sites (N-methyl/N-ethyl adjacent to an activating group) is 1. The van der Waals surface area contributed by atoms with Crippen molar-refractivity contribution in [3.8, 4) is 0 Å². The molecule has 1 aliphatic carbocycles. The number of morpholine rings is 1. The van der Waals surface area contributed by atoms with Crippen LogP contribution in [0.1, 0.15) is 25.7 Å². The average molecular weight is 241 g/mol. The molecule has 5 heteroatoms. The first-order valence-corrected chi connectivity index (χ1v) is 6.47. The van der Waals surface area contributed by atoms with Gasteiger partial charge in [0.25, 0.3) is 0 Å². The van der Waals surface area contributed by atoms with Crippen LogP contribution in [0.2, 0.25) is 0 Å². The largest absolute Gasteiger partial charge is 0.374 e. The standard InChI is InChI=1S/C12H23N3O2/c1-15-6-7-17-10(9-15)8-14-11(16)12(13)4-2-3-5-12/h10H,2-9,13H2,1H3,(H,14,16). The molecule has 0 aromatic carbocycles. The zero-order chi connectivity index (χ0) is 12.3. The zero-order valence-corrected chi connectivity index (χ0v) is 10.6. The molecule has 5 nitrogen and oxygen atoms in total. The SMILES string of the molecule is CN1CCOC(CNC(=O)C2(N)CCCC2)C1. The van der Waals surface area contributed by atoms with Crippen molar-refractivity contribution < 1.29 is 9.53 Å². The van der Waals surface area contributed by atoms with E-state index in [1.807, 2.05) is 0 Å². The van der Waals surface area contributed by atoms with Gasteiger partial charge >= 0.3 is 0 Å². The van der Waals surface area contributed by atoms with E-state index in [9.17, 15) is 4.79 Å². The lowest BCUT2D eigenvalue weighted by Gasteiger charge is -2.31. The van der Waals surface area contributed by atoms with Gasteiger partial charge in [0, 0.05) is 19.6 Å². The quantitative estimate of drug-likeness (QED) is 0.712. The Kier molecular flexibility index (Phi) is 4.01. The first-order valence-electron chi connectivity index (χ1n) is 6.47. The second-order valence-electron chi connectivity index (χ2n) is 5.33. The summed E-state index contributed by atoms with van der Waals surface area (Å²) >= 11 is 0. The van der Waals surface area contributed by atoms with Crippen molar-refractivity contribution in [3.63, 3.8) is 0 Å². The molecular formula is C12H23N3O2. The van der Waals surface area contributed by atoms with Crippen molar-refractivity contribution in [3.05, 3.63) is 0 Å². The predicted molar refractivity (Wildman–Crippen MR) is 65.6 cm³/mol. The van der Waals surface area contributed by atoms with E-state index in [4.69, 9.17) is 10.5 Å². The minimum absolute atomic E-state index is 0.00757. The molecule has 0 bridgehead atoms. The summed E-state index contributed by atoms with van der Waals surface area (Å²) in [7, 11) is 2.07. The van der Waals surface area contributed by atoms with Crippen LogP contribution in [0, 0.1) is 0 Å². The first-order chi connectivity index (χ1) is 8.10. The van der Waals surface area contributed by atoms with E-state index in [-0.39, 0.29) is 12.0 Å². The lowest BCUT2D eigenvalue weighted by Crippen LogP contribution is -2.54. The molecule has 0 spiro atoms. The van der Waals surface area contributed by atoms with Crippen LogP contribution in [0.15, 0.2) is 0 Å². The van der Waals surface area contributed by atoms with Gasteiger partial charge in [-0.25, -0.2) is 0 Å². The maximum atomic E-state index is 12.0. The van der Waals surface area contributed by atoms with Crippen LogP contribution in [0.5, 0.6) is 0 Å². The monoisotopic (exact) mass is 241 g/mol. The van der Waals surface area contributed by atoms with Crippen molar-refractivity contribution in [2.45, 2.75) is 37.3 Å². The highest BCUT2D eigenvalue weighted by molar-refractivity contribution is 5.86. The van der Waals surface area contributed by atoms with Gasteiger partial charge in [-0.15, -0.1) is 0 Å². The molecule has 1 amide bonds. The Bertz CT molecular complexity index is 277. The van der Waals surface area contributed by atoms with Crippen LogP contribution in [-0.4, -0.2) is 55.7 Å². The van der Waals surface area contributed by atoms with E-state index < -0.39 is 5.54 Å². The number of ether oxygens (including phenoxy) is 1. The lowest BCUT2D eigenvalue weighted by atomic mass is 9.98. The third kappa shape index (κ3) is 3.18. The normalized spacial score (nSPS) is 29.2. The highest BCUT2D eigenvalue weighted by atomic mass is 16.5. The predicted octanol–water partition coefficient (Wildman–Crippen LogP) is -0.295. The van der Waals surface area contributed by atoms with E-state index in [1.165, 1.54) is 0 Å². The number of nitrogens with zero attached hydrogens (tertiary/aromatic N) is 1. The Hall–Kier alpha value is -0.650. The van der Waals surface area contributed by atoms with Crippen LogP contribution in [-0.2, 0) is 9.53 Å². The molecule has 3 N–H and O–H groups in total. The Morgan fingerprint density at radius 3 is 2.88 bits per heavy atom. The summed E-state index contributed by atoms with van der Waals surface area (Å²) in [6, 6.07) is 0. The molecule has 1 atom stereocenters. The van der Waals surface area contributed by atoms with E-state index in [2.05, 4.69) is 17.3 Å². The third-order valence-electron chi connectivity index (χ3n) is 3.78. The average Bonchev–Trinajstić information content (AvgIpc) is 2.74. The van der Waals surface area contributed by atoms with Crippen molar-refractivity contribution >= 4 is 5.91 Å². The molecule has 2 aliphatic rings. The summed E-state index contributed by atoms with van der Waals surface area (Å²) in [5.74, 6) is -0.00757. The summed E-state index contributed by atoms with van der Waals surface area (Å²) in [5.41, 5.74) is 5.46. The van der Waals surface area contributed by atoms with Gasteiger partial charge < -0.3 is 20.7 Å². The number of rotatable bonds is 3. The smallest absolute Gasteiger partial charge is 0.240 e. The van der Waals surface area contributed by atoms with E-state index in [1.54, 1.807) is 0 Å². The highest BCUT2D eigenvalue weighted by Gasteiger charge is 2.37. The van der Waals surface area contributed by atoms with E-state index in [0.29, 0.717) is 6.54 Å². The molecular weight excluding hydrogens is 218 g/mol. The fourth-order valence-corrected chi connectivity index (χ4v) is 2.61. The number of amides is 1. The molecule has 2 rings (SSSR count). The van der Waals surface area contributed by atoms with Crippen molar-refractivity contribution in [1.29, 1.82) is 0 Å². The van der Waals surface area contributed by atoms with Crippen LogP contribution < -0.4 is 11.1 Å². The maximum Gasteiger partial charge on any atom is 0.240 e. The van der Waals surface area contributed by atoms with Gasteiger partial charge in [0.2, 0.25) is 5.91 Å². The van der Waals surface area contributed by atoms with Gasteiger partial charge in [-0.3, -0.25) is 4.79 Å². The molecule has 2 fully saturated rings. The molecule has 0 radical (unpaired) electrons. The fraction of sp³-hybridized carbons (Fsp3) is 0.917. The second-order valence-corrected chi connectivity index (χ2v) is 5.33. The molecule has 1 saturated carbocycles. The maximum absolute atomic E-state index is 12.0. The van der Waals surface area contributed by atoms with Gasteiger partial charge in [0.15, 0.2) is 0 Å². The first kappa shape index (κ1) is 12.8. The number of carbonyl (C=O) groups is 1. The molecule has 1 unspecified atom stereocenters. The molecule has 98 valence electrons. The van der Waals surface area contributed by atoms with Gasteiger partial charge in [-0.2, -0.15) is 0 Å². The summed E-state index contributed by atoms with van der Waals surface area (Å²) < 4.78 is 5.60. The third-order valence-corrected chi connectivity index (χ3v) is 3.78. The number of nitrogens with two attached hydrogens (primary N) is 1. The minimum Gasteiger partial charge on any atom is -0.374 e. The van der Waals surface area contributed by atoms with E-state index >= 15 is 0 Å². The number of hydrogen-bond acceptors (Lipinski definition) is 4. The summed E-state index contributed by atoms with van der Waals surface area (Å²) in [5, 5.41) is 2.94. The van der Waals surface area contributed by atoms with Crippen LogP contribution >= 0.6 is 0 Å². The fourth-order valence-electron chi connectivity index (χ4n) is 2.61. The Labute approximate surface area is 103 Å². The van der Waals surface area contributed by atoms with Gasteiger partial charge in [-0.05, 0) is 19.9 Å². The van der Waals surface area contributed by atoms with Crippen molar-refractivity contribution in [2.75, 3.05) is 33.3 Å². The Morgan fingerprint density at radius 2 is 2.24 bits per heavy atom. The highest BCUT2D eigenvalue weighted by Crippen LogP contribution is 2.27. The molecule has 17 heavy (non-hydrogen) atoms. The Morgan fingerprint density at radius 1 is 1.53 bits per heavy atom. The Balaban J connectivity index is 1.75. The number of hydrogen-bond donors (Lipinski definition) is 2. The van der Waals surface area contributed by atoms with Gasteiger partial charge in [0.1, 0.15) is 0 Å². The number of carbonyl (C=O) groups excluding carboxylic acids is 1. The van der Waals surface area contributed by atoms with Crippen molar-refractivity contribution in [2.24, 2.45) is 5.73 Å². The molecule has 1 saturated heterocycles. The lowest BCUT2D eigenvalue weighted by molar-refractivity contribution is -0.127. The molecule has 0 aromatic heterocycles. The molecule has 1 aliphatic heterocycles. The van der Waals surface area contributed by atoms with Crippen LogP contribution in [0.25, 0.3) is 0 Å². The molecule has 1 heterocycles. The molecule has 0 aromatic rings. The summed E-state index contributed by atoms with van der Waals surface area (Å²) in [6.45, 7) is 3.15. The minimum atomic E-state index is -0.624. The van der Waals surface area contributed by atoms with Gasteiger partial charge in [0.05, 0.1) is 18.2 Å². The summed E-state index contributed by atoms with van der Waals surface area (Å²) in [4.78, 5) is 14.2. The topological polar surface area (TPSA) is 67.6 Å². The van der Waals surface area contributed by atoms with Crippen molar-refractivity contribution in [1.82, 2.24) is 10.2 Å². The zero-order valence-electron chi connectivity index (χ0n) is 10.6. The van der Waals surface area contributed by atoms with Crippen LogP contribution in [0.3, 0.4) is 0 Å².